The predicted molar refractivity (Wildman–Crippen MR) is 141 cm³/mol. The number of carbonyl (C=O) groups is 2. The first-order valence-corrected chi connectivity index (χ1v) is 13.2. The molecule has 39 heavy (non-hydrogen) atoms. The molecule has 1 aromatic carbocycles. The highest BCUT2D eigenvalue weighted by Gasteiger charge is 2.33. The lowest BCUT2D eigenvalue weighted by atomic mass is 9.85. The summed E-state index contributed by atoms with van der Waals surface area (Å²) in [7, 11) is 0. The Balaban J connectivity index is 1.51. The molecule has 2 aliphatic rings. The van der Waals surface area contributed by atoms with Crippen LogP contribution in [0.4, 0.5) is 31.2 Å². The first-order valence-electron chi connectivity index (χ1n) is 12.8. The summed E-state index contributed by atoms with van der Waals surface area (Å²) < 4.78 is 31.1. The summed E-state index contributed by atoms with van der Waals surface area (Å²) in [6.07, 6.45) is 4.26. The number of fused-ring (bicyclic) bond motifs is 1. The average Bonchev–Trinajstić information content (AvgIpc) is 3.24. The number of nitrogens with two attached hydrogens (primary N) is 1. The Kier molecular flexibility index (Phi) is 7.43. The number of amides is 2. The van der Waals surface area contributed by atoms with Crippen LogP contribution in [0, 0.1) is 17.6 Å². The van der Waals surface area contributed by atoms with Gasteiger partial charge in [0.05, 0.1) is 12.2 Å². The van der Waals surface area contributed by atoms with Gasteiger partial charge in [0.25, 0.3) is 0 Å². The van der Waals surface area contributed by atoms with Crippen molar-refractivity contribution in [1.29, 1.82) is 0 Å². The molecule has 2 atom stereocenters. The Hall–Kier alpha value is -3.74. The van der Waals surface area contributed by atoms with Crippen molar-refractivity contribution in [1.82, 2.24) is 24.4 Å². The van der Waals surface area contributed by atoms with Crippen molar-refractivity contribution in [2.75, 3.05) is 17.2 Å². The van der Waals surface area contributed by atoms with Crippen LogP contribution in [-0.2, 0) is 4.79 Å². The third kappa shape index (κ3) is 5.40. The number of carboxylic acid groups (broad SMARTS) is 1. The predicted octanol–water partition coefficient (Wildman–Crippen LogP) is 4.66. The van der Waals surface area contributed by atoms with Gasteiger partial charge in [0.2, 0.25) is 17.8 Å². The van der Waals surface area contributed by atoms with Crippen molar-refractivity contribution < 1.29 is 23.5 Å². The normalized spacial score (nSPS) is 23.5. The van der Waals surface area contributed by atoms with Gasteiger partial charge in [0.15, 0.2) is 17.3 Å². The molecule has 1 aliphatic heterocycles. The number of nitrogens with zero attached hydrogens (tertiary/aromatic N) is 5. The number of aromatic nitrogens is 4. The number of anilines is 3. The van der Waals surface area contributed by atoms with Crippen LogP contribution < -0.4 is 16.4 Å². The Morgan fingerprint density at radius 2 is 1.82 bits per heavy atom. The maximum absolute atomic E-state index is 14.7. The lowest BCUT2D eigenvalue weighted by Crippen LogP contribution is -2.51. The van der Waals surface area contributed by atoms with Crippen molar-refractivity contribution in [2.24, 2.45) is 11.7 Å². The van der Waals surface area contributed by atoms with E-state index in [1.165, 1.54) is 11.1 Å². The van der Waals surface area contributed by atoms with Crippen LogP contribution in [0.3, 0.4) is 0 Å². The van der Waals surface area contributed by atoms with E-state index in [0.717, 1.165) is 18.6 Å². The van der Waals surface area contributed by atoms with Crippen LogP contribution in [0.2, 0.25) is 5.02 Å². The Bertz CT molecular complexity index is 1390. The number of imidazole rings is 1. The van der Waals surface area contributed by atoms with Crippen molar-refractivity contribution >= 4 is 52.3 Å². The largest absolute Gasteiger partial charge is 0.465 e. The summed E-state index contributed by atoms with van der Waals surface area (Å²) in [6.45, 7) is 2.30. The monoisotopic (exact) mass is 562 g/mol. The minimum atomic E-state index is -0.979. The van der Waals surface area contributed by atoms with Crippen LogP contribution in [0.25, 0.3) is 11.2 Å². The van der Waals surface area contributed by atoms with E-state index < -0.39 is 23.4 Å². The van der Waals surface area contributed by atoms with Crippen LogP contribution in [-0.4, -0.2) is 60.2 Å². The van der Waals surface area contributed by atoms with Gasteiger partial charge in [-0.2, -0.15) is 4.98 Å². The molecule has 3 aromatic rings. The van der Waals surface area contributed by atoms with Crippen molar-refractivity contribution in [3.05, 3.63) is 35.0 Å². The lowest BCUT2D eigenvalue weighted by molar-refractivity contribution is -0.122. The maximum Gasteiger partial charge on any atom is 0.407 e. The zero-order valence-corrected chi connectivity index (χ0v) is 22.0. The van der Waals surface area contributed by atoms with E-state index in [2.05, 4.69) is 20.6 Å². The fourth-order valence-electron chi connectivity index (χ4n) is 5.56. The summed E-state index contributed by atoms with van der Waals surface area (Å²) >= 11 is 5.79. The van der Waals surface area contributed by atoms with Gasteiger partial charge in [-0.3, -0.25) is 9.36 Å². The molecule has 14 heteroatoms. The molecule has 5 N–H and O–H groups in total. The molecule has 2 amide bonds. The summed E-state index contributed by atoms with van der Waals surface area (Å²) in [5, 5.41) is 15.5. The van der Waals surface area contributed by atoms with E-state index in [4.69, 9.17) is 22.3 Å². The molecular formula is C25H29ClF2N8O3. The number of likely N-dealkylation sites (tertiary alicyclic amines) is 1. The molecule has 11 nitrogen and oxygen atoms in total. The van der Waals surface area contributed by atoms with Crippen LogP contribution in [0.5, 0.6) is 0 Å². The van der Waals surface area contributed by atoms with E-state index in [1.54, 1.807) is 4.57 Å². The number of benzene rings is 1. The number of carbonyl (C=O) groups excluding carboxylic acids is 1. The second-order valence-electron chi connectivity index (χ2n) is 10.1. The molecule has 2 aromatic heterocycles. The zero-order chi connectivity index (χ0) is 27.8. The summed E-state index contributed by atoms with van der Waals surface area (Å²) in [5.74, 6) is -1.89. The topological polar surface area (TPSA) is 151 Å². The lowest BCUT2D eigenvalue weighted by Gasteiger charge is -2.37. The van der Waals surface area contributed by atoms with E-state index in [-0.39, 0.29) is 46.9 Å². The molecule has 3 heterocycles. The quantitative estimate of drug-likeness (QED) is 0.338. The number of nitrogens with one attached hydrogen (secondary N) is 2. The summed E-state index contributed by atoms with van der Waals surface area (Å²) in [4.78, 5) is 38.3. The molecule has 2 unspecified atom stereocenters. The molecule has 1 saturated heterocycles. The van der Waals surface area contributed by atoms with E-state index in [9.17, 15) is 23.5 Å². The van der Waals surface area contributed by atoms with Crippen LogP contribution >= 0.6 is 11.6 Å². The van der Waals surface area contributed by atoms with Crippen LogP contribution in [0.1, 0.15) is 51.5 Å². The first kappa shape index (κ1) is 26.9. The first-order chi connectivity index (χ1) is 18.6. The average molecular weight is 563 g/mol. The molecule has 0 radical (unpaired) electrons. The minimum Gasteiger partial charge on any atom is -0.465 e. The maximum atomic E-state index is 14.7. The SMILES string of the molecule is CC1C(Nc2ncc3nc(Nc4c(F)cc(Cl)cc4F)n(C4CCC(C(N)=O)CC4)c3n2)CCCN1C(=O)O. The standard InChI is InChI=1S/C25H29ClF2N8O3/c1-12-18(3-2-8-35(12)25(38)39)31-23-30-11-19-22(34-23)36(15-6-4-13(5-7-15)21(29)37)24(32-19)33-20-16(27)9-14(26)10-17(20)28/h9-13,15,18H,2-8H2,1H3,(H2,29,37)(H,32,33)(H,38,39)(H,30,31,34). The third-order valence-electron chi connectivity index (χ3n) is 7.69. The Labute approximate surface area is 227 Å². The number of hydrogen-bond acceptors (Lipinski definition) is 7. The van der Waals surface area contributed by atoms with Crippen molar-refractivity contribution in [3.63, 3.8) is 0 Å². The molecule has 2 fully saturated rings. The highest BCUT2D eigenvalue weighted by molar-refractivity contribution is 6.30. The molecule has 208 valence electrons. The number of halogens is 3. The summed E-state index contributed by atoms with van der Waals surface area (Å²) in [5.41, 5.74) is 5.95. The fraction of sp³-hybridized carbons (Fsp3) is 0.480. The van der Waals surface area contributed by atoms with Gasteiger partial charge in [0.1, 0.15) is 11.2 Å². The van der Waals surface area contributed by atoms with E-state index >= 15 is 0 Å². The van der Waals surface area contributed by atoms with E-state index in [0.29, 0.717) is 49.8 Å². The van der Waals surface area contributed by atoms with Gasteiger partial charge in [-0.25, -0.2) is 23.5 Å². The molecule has 0 bridgehead atoms. The fourth-order valence-corrected chi connectivity index (χ4v) is 5.75. The second-order valence-corrected chi connectivity index (χ2v) is 10.5. The zero-order valence-electron chi connectivity index (χ0n) is 21.2. The molecule has 0 spiro atoms. The number of rotatable bonds is 6. The van der Waals surface area contributed by atoms with Crippen LogP contribution in [0.15, 0.2) is 18.3 Å². The van der Waals surface area contributed by atoms with Gasteiger partial charge >= 0.3 is 6.09 Å². The Morgan fingerprint density at radius 1 is 1.13 bits per heavy atom. The van der Waals surface area contributed by atoms with Gasteiger partial charge in [0, 0.05) is 29.6 Å². The van der Waals surface area contributed by atoms with Crippen molar-refractivity contribution in [3.8, 4) is 0 Å². The number of hydrogen-bond donors (Lipinski definition) is 4. The smallest absolute Gasteiger partial charge is 0.407 e. The summed E-state index contributed by atoms with van der Waals surface area (Å²) in [6, 6.07) is 1.34. The second kappa shape index (κ2) is 10.8. The van der Waals surface area contributed by atoms with Gasteiger partial charge in [-0.1, -0.05) is 11.6 Å². The van der Waals surface area contributed by atoms with Gasteiger partial charge < -0.3 is 26.4 Å². The van der Waals surface area contributed by atoms with Gasteiger partial charge in [-0.05, 0) is 57.6 Å². The molecule has 1 saturated carbocycles. The molecule has 5 rings (SSSR count). The number of piperidine rings is 1. The highest BCUT2D eigenvalue weighted by Crippen LogP contribution is 2.38. The highest BCUT2D eigenvalue weighted by atomic mass is 35.5. The third-order valence-corrected chi connectivity index (χ3v) is 7.91. The molecular weight excluding hydrogens is 534 g/mol. The van der Waals surface area contributed by atoms with E-state index in [1.807, 2.05) is 6.92 Å². The molecule has 1 aliphatic carbocycles. The van der Waals surface area contributed by atoms with Gasteiger partial charge in [-0.15, -0.1) is 0 Å². The minimum absolute atomic E-state index is 0.0752. The van der Waals surface area contributed by atoms with Crippen molar-refractivity contribution in [2.45, 2.75) is 63.6 Å². The Morgan fingerprint density at radius 3 is 2.46 bits per heavy atom. The number of primary amides is 1.